The van der Waals surface area contributed by atoms with Gasteiger partial charge >= 0.3 is 0 Å². The summed E-state index contributed by atoms with van der Waals surface area (Å²) in [5, 5.41) is 13.3. The van der Waals surface area contributed by atoms with E-state index in [0.29, 0.717) is 5.56 Å². The summed E-state index contributed by atoms with van der Waals surface area (Å²) < 4.78 is 0. The van der Waals surface area contributed by atoms with E-state index in [-0.39, 0.29) is 11.7 Å². The van der Waals surface area contributed by atoms with E-state index >= 15 is 0 Å². The lowest BCUT2D eigenvalue weighted by molar-refractivity contribution is 0.0955. The van der Waals surface area contributed by atoms with Crippen molar-refractivity contribution >= 4 is 17.8 Å². The molecule has 1 amide bonds. The minimum absolute atomic E-state index is 0.119. The van der Waals surface area contributed by atoms with Crippen LogP contribution in [0.25, 0.3) is 0 Å². The number of phenols is 1. The zero-order valence-corrected chi connectivity index (χ0v) is 15.7. The van der Waals surface area contributed by atoms with E-state index in [1.165, 1.54) is 17.7 Å². The van der Waals surface area contributed by atoms with Crippen LogP contribution in [-0.4, -0.2) is 23.8 Å². The van der Waals surface area contributed by atoms with E-state index in [2.05, 4.69) is 58.7 Å². The van der Waals surface area contributed by atoms with Crippen LogP contribution in [0.1, 0.15) is 28.4 Å². The van der Waals surface area contributed by atoms with Gasteiger partial charge in [0.1, 0.15) is 5.75 Å². The lowest BCUT2D eigenvalue weighted by Gasteiger charge is -2.23. The number of carbonyl (C=O) groups is 1. The predicted octanol–water partition coefficient (Wildman–Crippen LogP) is 4.18. The van der Waals surface area contributed by atoms with E-state index in [1.807, 2.05) is 18.2 Å². The summed E-state index contributed by atoms with van der Waals surface area (Å²) >= 11 is 0. The van der Waals surface area contributed by atoms with Crippen molar-refractivity contribution in [1.82, 2.24) is 5.43 Å². The molecule has 3 aromatic rings. The monoisotopic (exact) mass is 373 g/mol. The molecule has 0 aliphatic heterocycles. The molecule has 0 spiro atoms. The molecule has 0 aliphatic carbocycles. The van der Waals surface area contributed by atoms with Crippen molar-refractivity contribution in [3.8, 4) is 5.75 Å². The van der Waals surface area contributed by atoms with Crippen LogP contribution >= 0.6 is 0 Å². The number of aromatic hydroxyl groups is 1. The summed E-state index contributed by atoms with van der Waals surface area (Å²) in [6.45, 7) is 3.90. The summed E-state index contributed by atoms with van der Waals surface area (Å²) in [5.74, 6) is -0.207. The van der Waals surface area contributed by atoms with Crippen LogP contribution in [0, 0.1) is 0 Å². The zero-order valence-electron chi connectivity index (χ0n) is 15.7. The van der Waals surface area contributed by atoms with Gasteiger partial charge < -0.3 is 10.0 Å². The first-order valence-corrected chi connectivity index (χ1v) is 9.17. The molecular weight excluding hydrogens is 350 g/mol. The lowest BCUT2D eigenvalue weighted by atomic mass is 10.1. The van der Waals surface area contributed by atoms with Crippen LogP contribution in [0.15, 0.2) is 84.0 Å². The number of hydrazone groups is 1. The normalized spacial score (nSPS) is 10.8. The Balaban J connectivity index is 1.59. The van der Waals surface area contributed by atoms with E-state index in [1.54, 1.807) is 18.3 Å². The lowest BCUT2D eigenvalue weighted by Crippen LogP contribution is -2.21. The summed E-state index contributed by atoms with van der Waals surface area (Å²) in [7, 11) is 0. The first-order chi connectivity index (χ1) is 13.7. The van der Waals surface area contributed by atoms with E-state index in [4.69, 9.17) is 0 Å². The maximum absolute atomic E-state index is 12.0. The molecule has 3 aromatic carbocycles. The van der Waals surface area contributed by atoms with Crippen molar-refractivity contribution < 1.29 is 9.90 Å². The van der Waals surface area contributed by atoms with Crippen molar-refractivity contribution in [2.75, 3.05) is 11.4 Å². The van der Waals surface area contributed by atoms with Gasteiger partial charge in [-0.05, 0) is 54.4 Å². The van der Waals surface area contributed by atoms with Gasteiger partial charge in [-0.15, -0.1) is 0 Å². The number of nitrogens with zero attached hydrogens (tertiary/aromatic N) is 2. The van der Waals surface area contributed by atoms with E-state index in [9.17, 15) is 9.90 Å². The zero-order chi connectivity index (χ0) is 19.8. The molecule has 0 aromatic heterocycles. The molecule has 0 bridgehead atoms. The molecule has 0 radical (unpaired) electrons. The second kappa shape index (κ2) is 9.37. The van der Waals surface area contributed by atoms with Crippen molar-refractivity contribution in [2.45, 2.75) is 13.5 Å². The Bertz CT molecular complexity index is 920. The smallest absolute Gasteiger partial charge is 0.271 e. The molecule has 5 nitrogen and oxygen atoms in total. The van der Waals surface area contributed by atoms with Crippen LogP contribution in [0.3, 0.4) is 0 Å². The number of hydrogen-bond donors (Lipinski definition) is 2. The Morgan fingerprint density at radius 1 is 1.00 bits per heavy atom. The van der Waals surface area contributed by atoms with Gasteiger partial charge in [0.25, 0.3) is 5.91 Å². The highest BCUT2D eigenvalue weighted by Gasteiger charge is 2.06. The molecule has 142 valence electrons. The molecule has 0 atom stereocenters. The molecule has 3 rings (SSSR count). The quantitative estimate of drug-likeness (QED) is 0.482. The third-order valence-corrected chi connectivity index (χ3v) is 4.37. The number of hydrogen-bond acceptors (Lipinski definition) is 4. The molecule has 0 fully saturated rings. The molecule has 28 heavy (non-hydrogen) atoms. The first-order valence-electron chi connectivity index (χ1n) is 9.17. The number of anilines is 1. The Morgan fingerprint density at radius 2 is 1.68 bits per heavy atom. The van der Waals surface area contributed by atoms with Crippen LogP contribution in [0.2, 0.25) is 0 Å². The highest BCUT2D eigenvalue weighted by molar-refractivity contribution is 5.95. The Kier molecular flexibility index (Phi) is 6.41. The minimum Gasteiger partial charge on any atom is -0.508 e. The van der Waals surface area contributed by atoms with Crippen LogP contribution < -0.4 is 10.3 Å². The molecule has 0 aliphatic rings. The highest BCUT2D eigenvalue weighted by Crippen LogP contribution is 2.17. The van der Waals surface area contributed by atoms with E-state index < -0.39 is 0 Å². The van der Waals surface area contributed by atoms with Gasteiger partial charge in [0, 0.05) is 24.3 Å². The standard InChI is InChI=1S/C23H23N3O2/c1-2-26(17-19-6-4-3-5-7-19)21-12-8-18(9-13-21)16-24-25-23(28)20-10-14-22(27)15-11-20/h3-16,27H,2,17H2,1H3,(H,25,28)/b24-16+. The third-order valence-electron chi connectivity index (χ3n) is 4.37. The minimum atomic E-state index is -0.326. The first kappa shape index (κ1) is 19.2. The van der Waals surface area contributed by atoms with Gasteiger partial charge in [0.2, 0.25) is 0 Å². The largest absolute Gasteiger partial charge is 0.508 e. The van der Waals surface area contributed by atoms with Gasteiger partial charge in [-0.3, -0.25) is 4.79 Å². The fourth-order valence-corrected chi connectivity index (χ4v) is 2.80. The number of rotatable bonds is 7. The Hall–Kier alpha value is -3.60. The number of carbonyl (C=O) groups excluding carboxylic acids is 1. The molecule has 0 unspecified atom stereocenters. The van der Waals surface area contributed by atoms with Crippen LogP contribution in [0.4, 0.5) is 5.69 Å². The van der Waals surface area contributed by atoms with Gasteiger partial charge in [-0.2, -0.15) is 5.10 Å². The van der Waals surface area contributed by atoms with Gasteiger partial charge in [0.15, 0.2) is 0 Å². The summed E-state index contributed by atoms with van der Waals surface area (Å²) in [6.07, 6.45) is 1.61. The molecule has 0 saturated heterocycles. The van der Waals surface area contributed by atoms with Crippen molar-refractivity contribution in [3.63, 3.8) is 0 Å². The molecule has 2 N–H and O–H groups in total. The summed E-state index contributed by atoms with van der Waals surface area (Å²) in [5.41, 5.74) is 6.22. The van der Waals surface area contributed by atoms with Gasteiger partial charge in [0.05, 0.1) is 6.21 Å². The Morgan fingerprint density at radius 3 is 2.32 bits per heavy atom. The molecule has 0 saturated carbocycles. The van der Waals surface area contributed by atoms with Gasteiger partial charge in [-0.1, -0.05) is 42.5 Å². The number of amides is 1. The average Bonchev–Trinajstić information content (AvgIpc) is 2.74. The third kappa shape index (κ3) is 5.20. The van der Waals surface area contributed by atoms with Crippen LogP contribution in [0.5, 0.6) is 5.75 Å². The number of phenolic OH excluding ortho intramolecular Hbond substituents is 1. The average molecular weight is 373 g/mol. The number of benzene rings is 3. The topological polar surface area (TPSA) is 64.9 Å². The molecule has 0 heterocycles. The summed E-state index contributed by atoms with van der Waals surface area (Å²) in [6, 6.07) is 24.4. The SMILES string of the molecule is CCN(Cc1ccccc1)c1ccc(/C=N/NC(=O)c2ccc(O)cc2)cc1. The van der Waals surface area contributed by atoms with Crippen molar-refractivity contribution in [1.29, 1.82) is 0 Å². The van der Waals surface area contributed by atoms with Crippen molar-refractivity contribution in [3.05, 3.63) is 95.6 Å². The van der Waals surface area contributed by atoms with Crippen LogP contribution in [-0.2, 0) is 6.54 Å². The second-order valence-electron chi connectivity index (χ2n) is 6.34. The van der Waals surface area contributed by atoms with E-state index in [0.717, 1.165) is 24.3 Å². The maximum Gasteiger partial charge on any atom is 0.271 e. The summed E-state index contributed by atoms with van der Waals surface area (Å²) in [4.78, 5) is 14.3. The fraction of sp³-hybridized carbons (Fsp3) is 0.130. The maximum atomic E-state index is 12.0. The number of nitrogens with one attached hydrogen (secondary N) is 1. The molecule has 5 heteroatoms. The highest BCUT2D eigenvalue weighted by atomic mass is 16.3. The fourth-order valence-electron chi connectivity index (χ4n) is 2.80. The molecular formula is C23H23N3O2. The predicted molar refractivity (Wildman–Crippen MR) is 113 cm³/mol. The van der Waals surface area contributed by atoms with Crippen molar-refractivity contribution in [2.24, 2.45) is 5.10 Å². The van der Waals surface area contributed by atoms with Gasteiger partial charge in [-0.25, -0.2) is 5.43 Å². The Labute approximate surface area is 165 Å². The second-order valence-corrected chi connectivity index (χ2v) is 6.34.